The number of carbonyl (C=O) groups excluding carboxylic acids is 3. The first-order valence-electron chi connectivity index (χ1n) is 12.3. The summed E-state index contributed by atoms with van der Waals surface area (Å²) in [7, 11) is 0. The van der Waals surface area contributed by atoms with Crippen LogP contribution in [0.15, 0.2) is 24.3 Å². The number of fused-ring (bicyclic) bond motifs is 1. The van der Waals surface area contributed by atoms with Crippen molar-refractivity contribution in [3.63, 3.8) is 0 Å². The average molecular weight is 439 g/mol. The molecule has 0 aromatic heterocycles. The van der Waals surface area contributed by atoms with Gasteiger partial charge in [-0.2, -0.15) is 0 Å². The maximum absolute atomic E-state index is 13.5. The molecule has 2 aliphatic carbocycles. The number of amides is 3. The van der Waals surface area contributed by atoms with Crippen molar-refractivity contribution in [2.24, 2.45) is 11.8 Å². The summed E-state index contributed by atoms with van der Waals surface area (Å²) in [4.78, 5) is 45.1. The van der Waals surface area contributed by atoms with Crippen LogP contribution in [0.3, 0.4) is 0 Å². The van der Waals surface area contributed by atoms with E-state index < -0.39 is 0 Å². The van der Waals surface area contributed by atoms with Gasteiger partial charge in [-0.1, -0.05) is 31.0 Å². The maximum Gasteiger partial charge on any atom is 0.234 e. The van der Waals surface area contributed by atoms with Crippen molar-refractivity contribution >= 4 is 23.4 Å². The molecule has 3 fully saturated rings. The number of rotatable bonds is 5. The number of piperazine rings is 1. The molecule has 0 bridgehead atoms. The monoisotopic (exact) mass is 438 g/mol. The van der Waals surface area contributed by atoms with Gasteiger partial charge < -0.3 is 15.1 Å². The molecule has 0 spiro atoms. The maximum atomic E-state index is 13.5. The highest BCUT2D eigenvalue weighted by molar-refractivity contribution is 5.99. The van der Waals surface area contributed by atoms with E-state index in [0.29, 0.717) is 38.8 Å². The molecule has 7 nitrogen and oxygen atoms in total. The Morgan fingerprint density at radius 3 is 2.25 bits per heavy atom. The van der Waals surface area contributed by atoms with Gasteiger partial charge in [0.25, 0.3) is 0 Å². The van der Waals surface area contributed by atoms with E-state index >= 15 is 0 Å². The standard InChI is InChI=1S/C25H34N4O3/c30-23(26-19-9-10-19)17-27-13-15-28(16-14-27)24(31)20-6-2-3-7-21(20)25(32)29-12-11-18-5-1-4-8-22(18)29/h1,4-5,8,19-21H,2-3,6-7,9-17H2,(H,26,30). The molecular formula is C25H34N4O3. The van der Waals surface area contributed by atoms with Crippen LogP contribution < -0.4 is 10.2 Å². The first kappa shape index (κ1) is 21.4. The Kier molecular flexibility index (Phi) is 6.17. The normalized spacial score (nSPS) is 26.0. The van der Waals surface area contributed by atoms with Crippen LogP contribution in [-0.2, 0) is 20.8 Å². The predicted octanol–water partition coefficient (Wildman–Crippen LogP) is 1.80. The number of anilines is 1. The van der Waals surface area contributed by atoms with Crippen molar-refractivity contribution in [2.45, 2.75) is 51.0 Å². The lowest BCUT2D eigenvalue weighted by Crippen LogP contribution is -2.54. The van der Waals surface area contributed by atoms with E-state index in [2.05, 4.69) is 16.3 Å². The fraction of sp³-hybridized carbons (Fsp3) is 0.640. The van der Waals surface area contributed by atoms with E-state index in [1.807, 2.05) is 28.0 Å². The molecule has 1 N–H and O–H groups in total. The van der Waals surface area contributed by atoms with E-state index in [0.717, 1.165) is 57.2 Å². The molecule has 7 heteroatoms. The number of nitrogens with zero attached hydrogens (tertiary/aromatic N) is 3. The van der Waals surface area contributed by atoms with Crippen LogP contribution >= 0.6 is 0 Å². The minimum absolute atomic E-state index is 0.0936. The van der Waals surface area contributed by atoms with Gasteiger partial charge in [-0.25, -0.2) is 0 Å². The van der Waals surface area contributed by atoms with Crippen molar-refractivity contribution in [1.29, 1.82) is 0 Å². The van der Waals surface area contributed by atoms with Crippen LogP contribution in [0.2, 0.25) is 0 Å². The van der Waals surface area contributed by atoms with Crippen LogP contribution in [0.4, 0.5) is 5.69 Å². The van der Waals surface area contributed by atoms with Crippen molar-refractivity contribution in [1.82, 2.24) is 15.1 Å². The molecule has 2 heterocycles. The second-order valence-corrected chi connectivity index (χ2v) is 9.81. The van der Waals surface area contributed by atoms with Crippen LogP contribution in [-0.4, -0.2) is 72.8 Å². The summed E-state index contributed by atoms with van der Waals surface area (Å²) in [5, 5.41) is 3.04. The van der Waals surface area contributed by atoms with Gasteiger partial charge in [0.05, 0.1) is 12.5 Å². The first-order chi connectivity index (χ1) is 15.6. The molecule has 172 valence electrons. The number of nitrogens with one attached hydrogen (secondary N) is 1. The summed E-state index contributed by atoms with van der Waals surface area (Å²) in [5.74, 6) is -0.0735. The molecule has 2 saturated carbocycles. The molecule has 4 aliphatic rings. The third-order valence-corrected chi connectivity index (χ3v) is 7.55. The molecule has 1 aromatic carbocycles. The van der Waals surface area contributed by atoms with E-state index in [4.69, 9.17) is 0 Å². The minimum Gasteiger partial charge on any atom is -0.352 e. The van der Waals surface area contributed by atoms with Gasteiger partial charge >= 0.3 is 0 Å². The number of para-hydroxylation sites is 1. The fourth-order valence-corrected chi connectivity index (χ4v) is 5.55. The van der Waals surface area contributed by atoms with Gasteiger partial charge in [0.2, 0.25) is 17.7 Å². The topological polar surface area (TPSA) is 73.0 Å². The van der Waals surface area contributed by atoms with Crippen LogP contribution in [0.25, 0.3) is 0 Å². The van der Waals surface area contributed by atoms with E-state index in [1.54, 1.807) is 0 Å². The lowest BCUT2D eigenvalue weighted by Gasteiger charge is -2.39. The Morgan fingerprint density at radius 1 is 0.844 bits per heavy atom. The second-order valence-electron chi connectivity index (χ2n) is 9.81. The zero-order valence-electron chi connectivity index (χ0n) is 18.8. The second kappa shape index (κ2) is 9.22. The highest BCUT2D eigenvalue weighted by atomic mass is 16.2. The Bertz CT molecular complexity index is 876. The summed E-state index contributed by atoms with van der Waals surface area (Å²) in [5.41, 5.74) is 2.24. The van der Waals surface area contributed by atoms with Gasteiger partial charge in [0.1, 0.15) is 0 Å². The molecule has 0 radical (unpaired) electrons. The first-order valence-corrected chi connectivity index (χ1v) is 12.3. The molecule has 3 amide bonds. The zero-order chi connectivity index (χ0) is 22.1. The minimum atomic E-state index is -0.218. The summed E-state index contributed by atoms with van der Waals surface area (Å²) < 4.78 is 0. The predicted molar refractivity (Wildman–Crippen MR) is 122 cm³/mol. The number of benzene rings is 1. The van der Waals surface area contributed by atoms with Crippen LogP contribution in [0.5, 0.6) is 0 Å². The molecule has 2 atom stereocenters. The SMILES string of the molecule is O=C(CN1CCN(C(=O)C2CCCCC2C(=O)N2CCc3ccccc32)CC1)NC1CC1. The summed E-state index contributed by atoms with van der Waals surface area (Å²) in [6, 6.07) is 8.51. The third-order valence-electron chi connectivity index (χ3n) is 7.55. The quantitative estimate of drug-likeness (QED) is 0.761. The van der Waals surface area contributed by atoms with Crippen molar-refractivity contribution in [3.05, 3.63) is 29.8 Å². The third kappa shape index (κ3) is 4.53. The van der Waals surface area contributed by atoms with E-state index in [-0.39, 0.29) is 29.6 Å². The highest BCUT2D eigenvalue weighted by Gasteiger charge is 2.41. The van der Waals surface area contributed by atoms with Crippen LogP contribution in [0.1, 0.15) is 44.1 Å². The van der Waals surface area contributed by atoms with Crippen molar-refractivity contribution in [2.75, 3.05) is 44.2 Å². The van der Waals surface area contributed by atoms with Gasteiger partial charge in [-0.05, 0) is 43.7 Å². The van der Waals surface area contributed by atoms with Crippen molar-refractivity contribution in [3.8, 4) is 0 Å². The lowest BCUT2D eigenvalue weighted by molar-refractivity contribution is -0.144. The number of hydrogen-bond acceptors (Lipinski definition) is 4. The summed E-state index contributed by atoms with van der Waals surface area (Å²) in [6.45, 7) is 3.84. The van der Waals surface area contributed by atoms with Gasteiger partial charge in [0.15, 0.2) is 0 Å². The van der Waals surface area contributed by atoms with Gasteiger partial charge in [-0.15, -0.1) is 0 Å². The zero-order valence-corrected chi connectivity index (χ0v) is 18.8. The van der Waals surface area contributed by atoms with E-state index in [9.17, 15) is 14.4 Å². The molecule has 1 aromatic rings. The Hall–Kier alpha value is -2.41. The smallest absolute Gasteiger partial charge is 0.234 e. The number of hydrogen-bond donors (Lipinski definition) is 1. The summed E-state index contributed by atoms with van der Waals surface area (Å²) in [6.07, 6.45) is 6.71. The Balaban J connectivity index is 1.19. The van der Waals surface area contributed by atoms with Crippen LogP contribution in [0, 0.1) is 11.8 Å². The van der Waals surface area contributed by atoms with Crippen molar-refractivity contribution < 1.29 is 14.4 Å². The highest BCUT2D eigenvalue weighted by Crippen LogP contribution is 2.36. The molecule has 5 rings (SSSR count). The fourth-order valence-electron chi connectivity index (χ4n) is 5.55. The Morgan fingerprint density at radius 2 is 1.53 bits per heavy atom. The largest absolute Gasteiger partial charge is 0.352 e. The van der Waals surface area contributed by atoms with Gasteiger partial charge in [-0.3, -0.25) is 19.3 Å². The molecule has 32 heavy (non-hydrogen) atoms. The molecule has 2 unspecified atom stereocenters. The Labute approximate surface area is 190 Å². The lowest BCUT2D eigenvalue weighted by atomic mass is 9.77. The number of carbonyl (C=O) groups is 3. The average Bonchev–Trinajstić information content (AvgIpc) is 3.53. The molecule has 2 aliphatic heterocycles. The summed E-state index contributed by atoms with van der Waals surface area (Å²) >= 11 is 0. The van der Waals surface area contributed by atoms with Gasteiger partial charge in [0, 0.05) is 50.4 Å². The van der Waals surface area contributed by atoms with E-state index in [1.165, 1.54) is 5.56 Å². The molecular weight excluding hydrogens is 404 g/mol. The molecule has 1 saturated heterocycles.